The van der Waals surface area contributed by atoms with Crippen molar-refractivity contribution in [2.45, 2.75) is 25.9 Å². The van der Waals surface area contributed by atoms with E-state index in [1.807, 2.05) is 24.3 Å². The molecule has 4 rings (SSSR count). The lowest BCUT2D eigenvalue weighted by Gasteiger charge is -2.33. The molecule has 1 saturated heterocycles. The van der Waals surface area contributed by atoms with Crippen molar-refractivity contribution in [3.05, 3.63) is 71.9 Å². The molecular formula is C27H30F2N6O4. The smallest absolute Gasteiger partial charge is 0.412 e. The van der Waals surface area contributed by atoms with Crippen LogP contribution in [0.5, 0.6) is 0 Å². The number of aromatic nitrogens is 1. The van der Waals surface area contributed by atoms with Gasteiger partial charge in [-0.25, -0.2) is 24.0 Å². The number of halogens is 2. The zero-order chi connectivity index (χ0) is 27.8. The molecule has 10 nitrogen and oxygen atoms in total. The summed E-state index contributed by atoms with van der Waals surface area (Å²) in [5, 5.41) is 8.62. The van der Waals surface area contributed by atoms with Gasteiger partial charge in [-0.1, -0.05) is 36.4 Å². The first kappa shape index (κ1) is 27.9. The van der Waals surface area contributed by atoms with Crippen LogP contribution in [0.3, 0.4) is 0 Å². The van der Waals surface area contributed by atoms with Gasteiger partial charge in [-0.15, -0.1) is 0 Å². The Morgan fingerprint density at radius 2 is 1.85 bits per heavy atom. The zero-order valence-electron chi connectivity index (χ0n) is 21.5. The highest BCUT2D eigenvalue weighted by Gasteiger charge is 2.29. The number of fused-ring (bicyclic) bond motifs is 1. The third kappa shape index (κ3) is 7.45. The first-order valence-electron chi connectivity index (χ1n) is 12.5. The molecule has 206 valence electrons. The molecule has 0 unspecified atom stereocenters. The van der Waals surface area contributed by atoms with Crippen LogP contribution in [0.1, 0.15) is 18.9 Å². The molecule has 3 amide bonds. The Morgan fingerprint density at radius 3 is 2.59 bits per heavy atom. The highest BCUT2D eigenvalue weighted by molar-refractivity contribution is 5.89. The average molecular weight is 541 g/mol. The Morgan fingerprint density at radius 1 is 1.10 bits per heavy atom. The van der Waals surface area contributed by atoms with Gasteiger partial charge in [0.1, 0.15) is 12.4 Å². The van der Waals surface area contributed by atoms with Gasteiger partial charge in [-0.05, 0) is 17.5 Å². The lowest BCUT2D eigenvalue weighted by molar-refractivity contribution is -0.140. The highest BCUT2D eigenvalue weighted by atomic mass is 19.2. The molecule has 3 aromatic rings. The molecule has 12 heteroatoms. The summed E-state index contributed by atoms with van der Waals surface area (Å²) in [4.78, 5) is 44.1. The molecule has 2 heterocycles. The Bertz CT molecular complexity index is 1330. The maximum Gasteiger partial charge on any atom is 0.412 e. The fourth-order valence-corrected chi connectivity index (χ4v) is 4.29. The minimum atomic E-state index is -1.04. The number of benzene rings is 2. The van der Waals surface area contributed by atoms with Crippen molar-refractivity contribution in [1.82, 2.24) is 25.6 Å². The molecule has 0 saturated carbocycles. The summed E-state index contributed by atoms with van der Waals surface area (Å²) in [6, 6.07) is 12.0. The Hall–Kier alpha value is -4.16. The summed E-state index contributed by atoms with van der Waals surface area (Å²) >= 11 is 0. The number of nitrogens with one attached hydrogen (secondary N) is 3. The first-order chi connectivity index (χ1) is 18.8. The summed E-state index contributed by atoms with van der Waals surface area (Å²) in [5.41, 5.74) is 2.77. The number of hydrazine groups is 1. The molecule has 2 aromatic carbocycles. The molecule has 0 aliphatic carbocycles. The summed E-state index contributed by atoms with van der Waals surface area (Å²) in [5.74, 6) is -2.51. The van der Waals surface area contributed by atoms with Crippen molar-refractivity contribution < 1.29 is 27.9 Å². The standard InChI is InChI=1S/C27H30F2N6O4/c1-18(36)35(32-16-21-7-4-8-23(28)26(21)29)22(14-25(37)34-11-9-30-10-12-34)17-39-27(38)33-24-13-19-5-2-3-6-20(19)15-31-24/h2-8,13,15,22,30,32H,9-12,14,16-17H2,1H3,(H,31,33,38)/t22-/m0/s1. The number of anilines is 1. The molecule has 1 atom stereocenters. The average Bonchev–Trinajstić information content (AvgIpc) is 2.94. The third-order valence-electron chi connectivity index (χ3n) is 6.32. The van der Waals surface area contributed by atoms with Gasteiger partial charge in [0, 0.05) is 56.8 Å². The van der Waals surface area contributed by atoms with Gasteiger partial charge < -0.3 is 15.0 Å². The Labute approximate surface area is 224 Å². The predicted octanol–water partition coefficient (Wildman–Crippen LogP) is 2.81. The Kier molecular flexibility index (Phi) is 9.34. The lowest BCUT2D eigenvalue weighted by atomic mass is 10.1. The molecule has 0 spiro atoms. The van der Waals surface area contributed by atoms with Crippen molar-refractivity contribution in [3.8, 4) is 0 Å². The molecular weight excluding hydrogens is 510 g/mol. The number of amides is 3. The van der Waals surface area contributed by atoms with Gasteiger partial charge in [-0.2, -0.15) is 0 Å². The fourth-order valence-electron chi connectivity index (χ4n) is 4.29. The van der Waals surface area contributed by atoms with Crippen LogP contribution in [0.2, 0.25) is 0 Å². The quantitative estimate of drug-likeness (QED) is 0.358. The molecule has 0 radical (unpaired) electrons. The van der Waals surface area contributed by atoms with Crippen molar-refractivity contribution in [2.24, 2.45) is 0 Å². The number of carbonyl (C=O) groups is 3. The van der Waals surface area contributed by atoms with E-state index in [4.69, 9.17) is 4.74 Å². The van der Waals surface area contributed by atoms with Crippen LogP contribution in [0, 0.1) is 11.6 Å². The minimum absolute atomic E-state index is 0.00512. The Balaban J connectivity index is 1.46. The van der Waals surface area contributed by atoms with E-state index in [1.54, 1.807) is 17.2 Å². The second-order valence-electron chi connectivity index (χ2n) is 9.07. The molecule has 3 N–H and O–H groups in total. The van der Waals surface area contributed by atoms with Crippen LogP contribution in [0.4, 0.5) is 19.4 Å². The number of hydrogen-bond acceptors (Lipinski definition) is 7. The second-order valence-corrected chi connectivity index (χ2v) is 9.07. The number of nitrogens with zero attached hydrogens (tertiary/aromatic N) is 3. The van der Waals surface area contributed by atoms with Gasteiger partial charge in [0.05, 0.1) is 12.5 Å². The molecule has 39 heavy (non-hydrogen) atoms. The van der Waals surface area contributed by atoms with Crippen LogP contribution in [-0.2, 0) is 20.9 Å². The van der Waals surface area contributed by atoms with Crippen LogP contribution in [0.15, 0.2) is 54.7 Å². The van der Waals surface area contributed by atoms with E-state index in [-0.39, 0.29) is 36.9 Å². The monoisotopic (exact) mass is 540 g/mol. The van der Waals surface area contributed by atoms with Crippen LogP contribution in [0.25, 0.3) is 10.8 Å². The number of rotatable bonds is 9. The summed E-state index contributed by atoms with van der Waals surface area (Å²) in [6.07, 6.45) is 0.643. The highest BCUT2D eigenvalue weighted by Crippen LogP contribution is 2.17. The number of carbonyl (C=O) groups excluding carboxylic acids is 3. The predicted molar refractivity (Wildman–Crippen MR) is 140 cm³/mol. The topological polar surface area (TPSA) is 116 Å². The molecule has 0 bridgehead atoms. The van der Waals surface area contributed by atoms with E-state index >= 15 is 0 Å². The van der Waals surface area contributed by atoms with E-state index in [9.17, 15) is 23.2 Å². The van der Waals surface area contributed by atoms with Gasteiger partial charge in [-0.3, -0.25) is 19.9 Å². The van der Waals surface area contributed by atoms with Gasteiger partial charge >= 0.3 is 6.09 Å². The number of piperazine rings is 1. The van der Waals surface area contributed by atoms with E-state index in [1.165, 1.54) is 19.1 Å². The second kappa shape index (κ2) is 13.1. The van der Waals surface area contributed by atoms with E-state index in [0.29, 0.717) is 26.2 Å². The lowest BCUT2D eigenvalue weighted by Crippen LogP contribution is -2.54. The van der Waals surface area contributed by atoms with E-state index in [0.717, 1.165) is 21.8 Å². The van der Waals surface area contributed by atoms with Crippen molar-refractivity contribution in [1.29, 1.82) is 0 Å². The number of hydrogen-bond donors (Lipinski definition) is 3. The SMILES string of the molecule is CC(=O)N(NCc1cccc(F)c1F)[C@H](COC(=O)Nc1cc2ccccc2cn1)CC(=O)N1CCNCC1. The zero-order valence-corrected chi connectivity index (χ0v) is 21.5. The maximum absolute atomic E-state index is 14.2. The van der Waals surface area contributed by atoms with Gasteiger partial charge in [0.2, 0.25) is 11.8 Å². The van der Waals surface area contributed by atoms with E-state index in [2.05, 4.69) is 21.0 Å². The summed E-state index contributed by atoms with van der Waals surface area (Å²) in [7, 11) is 0. The largest absolute Gasteiger partial charge is 0.447 e. The van der Waals surface area contributed by atoms with Crippen molar-refractivity contribution in [2.75, 3.05) is 38.1 Å². The number of pyridine rings is 1. The van der Waals surface area contributed by atoms with Crippen LogP contribution in [-0.4, -0.2) is 71.6 Å². The molecule has 1 aromatic heterocycles. The van der Waals surface area contributed by atoms with Crippen molar-refractivity contribution >= 4 is 34.5 Å². The normalized spacial score (nSPS) is 14.1. The fraction of sp³-hybridized carbons (Fsp3) is 0.333. The van der Waals surface area contributed by atoms with Gasteiger partial charge in [0.15, 0.2) is 11.6 Å². The third-order valence-corrected chi connectivity index (χ3v) is 6.32. The summed E-state index contributed by atoms with van der Waals surface area (Å²) < 4.78 is 33.3. The van der Waals surface area contributed by atoms with Crippen LogP contribution < -0.4 is 16.1 Å². The van der Waals surface area contributed by atoms with E-state index < -0.39 is 29.7 Å². The maximum atomic E-state index is 14.2. The molecule has 1 fully saturated rings. The molecule has 1 aliphatic rings. The minimum Gasteiger partial charge on any atom is -0.447 e. The van der Waals surface area contributed by atoms with Gasteiger partial charge in [0.25, 0.3) is 0 Å². The molecule has 1 aliphatic heterocycles. The van der Waals surface area contributed by atoms with Crippen molar-refractivity contribution in [3.63, 3.8) is 0 Å². The number of ether oxygens (including phenoxy) is 1. The summed E-state index contributed by atoms with van der Waals surface area (Å²) in [6.45, 7) is 2.98. The van der Waals surface area contributed by atoms with Crippen LogP contribution >= 0.6 is 0 Å². The first-order valence-corrected chi connectivity index (χ1v) is 12.5.